The number of anilines is 4. The molecule has 0 aliphatic carbocycles. The molecule has 2 amide bonds. The molecule has 182 valence electrons. The summed E-state index contributed by atoms with van der Waals surface area (Å²) in [5, 5.41) is 5.99. The highest BCUT2D eigenvalue weighted by Crippen LogP contribution is 2.23. The molecule has 1 atom stereocenters. The average Bonchev–Trinajstić information content (AvgIpc) is 2.89. The van der Waals surface area contributed by atoms with Gasteiger partial charge < -0.3 is 31.7 Å². The van der Waals surface area contributed by atoms with E-state index in [-0.39, 0.29) is 18.7 Å². The Hall–Kier alpha value is -4.02. The van der Waals surface area contributed by atoms with Crippen molar-refractivity contribution >= 4 is 34.8 Å². The lowest BCUT2D eigenvalue weighted by atomic mass is 10.1. The highest BCUT2D eigenvalue weighted by molar-refractivity contribution is 5.95. The molecule has 10 heteroatoms. The zero-order chi connectivity index (χ0) is 24.6. The number of primary amides is 1. The topological polar surface area (TPSA) is 148 Å². The van der Waals surface area contributed by atoms with E-state index in [1.54, 1.807) is 18.3 Å². The summed E-state index contributed by atoms with van der Waals surface area (Å²) >= 11 is 0. The van der Waals surface area contributed by atoms with E-state index in [0.717, 1.165) is 48.9 Å². The molecule has 2 heterocycles. The first kappa shape index (κ1) is 24.1. The van der Waals surface area contributed by atoms with E-state index in [2.05, 4.69) is 37.6 Å². The second-order valence-corrected chi connectivity index (χ2v) is 8.21. The van der Waals surface area contributed by atoms with Gasteiger partial charge in [0.05, 0.1) is 24.9 Å². The number of aromatic nitrogens is 2. The van der Waals surface area contributed by atoms with Crippen molar-refractivity contribution in [2.45, 2.75) is 18.9 Å². The monoisotopic (exact) mass is 475 g/mol. The van der Waals surface area contributed by atoms with Crippen molar-refractivity contribution in [2.75, 3.05) is 41.8 Å². The SMILES string of the molecule is NC(=O)CC[C@@H](N)C(=O)Nc1ccc(-c2ccnc(Nc3ccc(N4CCOCC4)cc3)n2)cc1. The number of hydrogen-bond donors (Lipinski definition) is 4. The normalized spacial score (nSPS) is 14.3. The fraction of sp³-hybridized carbons (Fsp3) is 0.280. The van der Waals surface area contributed by atoms with Gasteiger partial charge in [0.2, 0.25) is 17.8 Å². The summed E-state index contributed by atoms with van der Waals surface area (Å²) < 4.78 is 5.41. The van der Waals surface area contributed by atoms with Gasteiger partial charge in [-0.05, 0) is 48.9 Å². The number of rotatable bonds is 9. The minimum Gasteiger partial charge on any atom is -0.378 e. The molecule has 0 unspecified atom stereocenters. The molecule has 1 aromatic heterocycles. The summed E-state index contributed by atoms with van der Waals surface area (Å²) in [6.45, 7) is 3.28. The van der Waals surface area contributed by atoms with Gasteiger partial charge in [-0.15, -0.1) is 0 Å². The largest absolute Gasteiger partial charge is 0.378 e. The molecule has 0 saturated carbocycles. The number of hydrogen-bond acceptors (Lipinski definition) is 8. The summed E-state index contributed by atoms with van der Waals surface area (Å²) in [7, 11) is 0. The quantitative estimate of drug-likeness (QED) is 0.368. The summed E-state index contributed by atoms with van der Waals surface area (Å²) in [6, 6.07) is 16.4. The van der Waals surface area contributed by atoms with E-state index in [9.17, 15) is 9.59 Å². The van der Waals surface area contributed by atoms with Crippen LogP contribution in [0.15, 0.2) is 60.8 Å². The van der Waals surface area contributed by atoms with Crippen LogP contribution in [0.3, 0.4) is 0 Å². The molecule has 2 aromatic carbocycles. The van der Waals surface area contributed by atoms with Crippen molar-refractivity contribution in [1.29, 1.82) is 0 Å². The van der Waals surface area contributed by atoms with Crippen molar-refractivity contribution in [3.63, 3.8) is 0 Å². The maximum atomic E-state index is 12.2. The molecule has 4 rings (SSSR count). The molecule has 1 saturated heterocycles. The van der Waals surface area contributed by atoms with Gasteiger partial charge in [-0.25, -0.2) is 9.97 Å². The first-order valence-corrected chi connectivity index (χ1v) is 11.5. The van der Waals surface area contributed by atoms with Gasteiger partial charge in [-0.3, -0.25) is 9.59 Å². The molecule has 0 spiro atoms. The maximum Gasteiger partial charge on any atom is 0.241 e. The first-order chi connectivity index (χ1) is 17.0. The van der Waals surface area contributed by atoms with Crippen molar-refractivity contribution in [3.8, 4) is 11.3 Å². The van der Waals surface area contributed by atoms with Crippen molar-refractivity contribution in [3.05, 3.63) is 60.8 Å². The molecule has 1 aliphatic heterocycles. The summed E-state index contributed by atoms with van der Waals surface area (Å²) in [6.07, 6.45) is 1.96. The Labute approximate surface area is 203 Å². The molecule has 0 bridgehead atoms. The number of morpholine rings is 1. The van der Waals surface area contributed by atoms with Crippen LogP contribution in [-0.2, 0) is 14.3 Å². The Bertz CT molecular complexity index is 1150. The number of nitrogens with two attached hydrogens (primary N) is 2. The third kappa shape index (κ3) is 6.75. The van der Waals surface area contributed by atoms with Crippen LogP contribution in [0.5, 0.6) is 0 Å². The molecule has 3 aromatic rings. The standard InChI is InChI=1S/C25H29N7O3/c26-21(9-10-23(27)33)24(34)29-18-3-1-17(2-4-18)22-11-12-28-25(31-22)30-19-5-7-20(8-6-19)32-13-15-35-16-14-32/h1-8,11-12,21H,9-10,13-16,26H2,(H2,27,33)(H,29,34)(H,28,30,31)/t21-/m1/s1. The van der Waals surface area contributed by atoms with E-state index in [4.69, 9.17) is 16.2 Å². The van der Waals surface area contributed by atoms with E-state index >= 15 is 0 Å². The van der Waals surface area contributed by atoms with Crippen LogP contribution in [-0.4, -0.2) is 54.1 Å². The Morgan fingerprint density at radius 3 is 2.37 bits per heavy atom. The number of ether oxygens (including phenoxy) is 1. The van der Waals surface area contributed by atoms with Crippen LogP contribution in [0.2, 0.25) is 0 Å². The van der Waals surface area contributed by atoms with E-state index in [1.807, 2.05) is 30.3 Å². The average molecular weight is 476 g/mol. The molecule has 1 fully saturated rings. The van der Waals surface area contributed by atoms with Gasteiger partial charge >= 0.3 is 0 Å². The lowest BCUT2D eigenvalue weighted by molar-refractivity contribution is -0.119. The van der Waals surface area contributed by atoms with E-state index in [0.29, 0.717) is 11.6 Å². The van der Waals surface area contributed by atoms with Crippen LogP contribution in [0.1, 0.15) is 12.8 Å². The Morgan fingerprint density at radius 2 is 1.69 bits per heavy atom. The van der Waals surface area contributed by atoms with Gasteiger partial charge in [0.1, 0.15) is 0 Å². The Morgan fingerprint density at radius 1 is 1.00 bits per heavy atom. The zero-order valence-electron chi connectivity index (χ0n) is 19.3. The minimum atomic E-state index is -0.805. The minimum absolute atomic E-state index is 0.0651. The van der Waals surface area contributed by atoms with Crippen molar-refractivity contribution in [2.24, 2.45) is 11.5 Å². The molecular weight excluding hydrogens is 446 g/mol. The van der Waals surface area contributed by atoms with E-state index < -0.39 is 11.9 Å². The number of benzene rings is 2. The van der Waals surface area contributed by atoms with Crippen LogP contribution >= 0.6 is 0 Å². The van der Waals surface area contributed by atoms with Crippen molar-refractivity contribution in [1.82, 2.24) is 9.97 Å². The number of nitrogens with zero attached hydrogens (tertiary/aromatic N) is 3. The van der Waals surface area contributed by atoms with Crippen LogP contribution in [0.4, 0.5) is 23.0 Å². The lowest BCUT2D eigenvalue weighted by Gasteiger charge is -2.28. The Balaban J connectivity index is 1.37. The third-order valence-electron chi connectivity index (χ3n) is 5.64. The summed E-state index contributed by atoms with van der Waals surface area (Å²) in [5.74, 6) is -0.368. The predicted octanol–water partition coefficient (Wildman–Crippen LogP) is 2.26. The molecule has 6 N–H and O–H groups in total. The lowest BCUT2D eigenvalue weighted by Crippen LogP contribution is -2.36. The van der Waals surface area contributed by atoms with Crippen LogP contribution in [0, 0.1) is 0 Å². The Kier molecular flexibility index (Phi) is 7.86. The molecule has 35 heavy (non-hydrogen) atoms. The number of carbonyl (C=O) groups excluding carboxylic acids is 2. The number of carbonyl (C=O) groups is 2. The number of amides is 2. The molecular formula is C25H29N7O3. The van der Waals surface area contributed by atoms with Crippen LogP contribution in [0.25, 0.3) is 11.3 Å². The predicted molar refractivity (Wildman–Crippen MR) is 135 cm³/mol. The first-order valence-electron chi connectivity index (χ1n) is 11.5. The fourth-order valence-electron chi connectivity index (χ4n) is 3.67. The fourth-order valence-corrected chi connectivity index (χ4v) is 3.67. The van der Waals surface area contributed by atoms with Gasteiger partial charge in [-0.1, -0.05) is 12.1 Å². The zero-order valence-corrected chi connectivity index (χ0v) is 19.3. The number of nitrogens with one attached hydrogen (secondary N) is 2. The summed E-state index contributed by atoms with van der Waals surface area (Å²) in [5.41, 5.74) is 15.2. The molecule has 1 aliphatic rings. The molecule has 0 radical (unpaired) electrons. The van der Waals surface area contributed by atoms with Crippen molar-refractivity contribution < 1.29 is 14.3 Å². The second kappa shape index (κ2) is 11.4. The highest BCUT2D eigenvalue weighted by atomic mass is 16.5. The van der Waals surface area contributed by atoms with E-state index in [1.165, 1.54) is 0 Å². The van der Waals surface area contributed by atoms with Crippen LogP contribution < -0.4 is 27.0 Å². The second-order valence-electron chi connectivity index (χ2n) is 8.21. The smallest absolute Gasteiger partial charge is 0.241 e. The maximum absolute atomic E-state index is 12.2. The van der Waals surface area contributed by atoms with Gasteiger partial charge in [0.25, 0.3) is 0 Å². The van der Waals surface area contributed by atoms with Gasteiger partial charge in [0.15, 0.2) is 0 Å². The van der Waals surface area contributed by atoms with Gasteiger partial charge in [-0.2, -0.15) is 0 Å². The third-order valence-corrected chi connectivity index (χ3v) is 5.64. The summed E-state index contributed by atoms with van der Waals surface area (Å²) in [4.78, 5) is 34.3. The van der Waals surface area contributed by atoms with Gasteiger partial charge in [0, 0.05) is 48.3 Å². The highest BCUT2D eigenvalue weighted by Gasteiger charge is 2.15. The molecule has 10 nitrogen and oxygen atoms in total.